The van der Waals surface area contributed by atoms with Crippen LogP contribution in [-0.2, 0) is 10.2 Å². The Morgan fingerprint density at radius 3 is 2.58 bits per heavy atom. The van der Waals surface area contributed by atoms with Crippen molar-refractivity contribution in [3.8, 4) is 0 Å². The third-order valence-electron chi connectivity index (χ3n) is 4.21. The Bertz CT molecular complexity index is 573. The van der Waals surface area contributed by atoms with Crippen LogP contribution in [-0.4, -0.2) is 14.5 Å². The van der Waals surface area contributed by atoms with E-state index in [1.165, 1.54) is 25.7 Å². The van der Waals surface area contributed by atoms with Crippen LogP contribution in [0.5, 0.6) is 0 Å². The van der Waals surface area contributed by atoms with Crippen LogP contribution < -0.4 is 15.2 Å². The number of nitrogens with two attached hydrogens (primary N) is 1. The molecule has 0 aliphatic heterocycles. The van der Waals surface area contributed by atoms with Crippen LogP contribution in [0.2, 0.25) is 0 Å². The number of hydrogen-bond donors (Lipinski definition) is 3. The van der Waals surface area contributed by atoms with Gasteiger partial charge in [0.15, 0.2) is 0 Å². The number of rotatable bonds is 4. The van der Waals surface area contributed by atoms with Crippen molar-refractivity contribution in [2.75, 3.05) is 10.0 Å². The predicted octanol–water partition coefficient (Wildman–Crippen LogP) is 1.90. The fourth-order valence-electron chi connectivity index (χ4n) is 3.47. The maximum Gasteiger partial charge on any atom is 0.296 e. The van der Waals surface area contributed by atoms with Crippen molar-refractivity contribution in [1.82, 2.24) is 0 Å². The van der Waals surface area contributed by atoms with Gasteiger partial charge in [0, 0.05) is 11.7 Å². The maximum absolute atomic E-state index is 11.0. The van der Waals surface area contributed by atoms with E-state index in [2.05, 4.69) is 10.0 Å². The Morgan fingerprint density at radius 1 is 1.16 bits per heavy atom. The maximum atomic E-state index is 11.0. The van der Waals surface area contributed by atoms with Crippen LogP contribution in [0.3, 0.4) is 0 Å². The number of hydrogen-bond acceptors (Lipinski definition) is 3. The second kappa shape index (κ2) is 4.68. The van der Waals surface area contributed by atoms with Gasteiger partial charge in [-0.3, -0.25) is 4.72 Å². The van der Waals surface area contributed by atoms with Crippen molar-refractivity contribution < 1.29 is 8.42 Å². The first kappa shape index (κ1) is 12.7. The van der Waals surface area contributed by atoms with Crippen LogP contribution in [0.1, 0.15) is 25.7 Å². The molecular weight excluding hydrogens is 262 g/mol. The van der Waals surface area contributed by atoms with Crippen molar-refractivity contribution in [3.63, 3.8) is 0 Å². The molecule has 104 valence electrons. The van der Waals surface area contributed by atoms with Crippen LogP contribution in [0, 0.1) is 11.8 Å². The molecule has 4 N–H and O–H groups in total. The molecule has 19 heavy (non-hydrogen) atoms. The molecule has 6 heteroatoms. The Labute approximate surface area is 113 Å². The molecule has 0 radical (unpaired) electrons. The van der Waals surface area contributed by atoms with Gasteiger partial charge in [0.1, 0.15) is 0 Å². The topological polar surface area (TPSA) is 84.2 Å². The minimum Gasteiger partial charge on any atom is -0.382 e. The molecule has 2 saturated carbocycles. The van der Waals surface area contributed by atoms with Crippen molar-refractivity contribution in [2.45, 2.75) is 31.7 Å². The summed E-state index contributed by atoms with van der Waals surface area (Å²) in [5.41, 5.74) is 1.45. The van der Waals surface area contributed by atoms with Crippen molar-refractivity contribution >= 4 is 21.6 Å². The van der Waals surface area contributed by atoms with Gasteiger partial charge in [-0.2, -0.15) is 8.42 Å². The summed E-state index contributed by atoms with van der Waals surface area (Å²) in [7, 11) is -3.71. The number of fused-ring (bicyclic) bond motifs is 2. The highest BCUT2D eigenvalue weighted by Crippen LogP contribution is 2.45. The summed E-state index contributed by atoms with van der Waals surface area (Å²) in [6, 6.07) is 7.79. The summed E-state index contributed by atoms with van der Waals surface area (Å²) in [4.78, 5) is 0. The normalized spacial score (nSPS) is 29.4. The second-order valence-corrected chi connectivity index (χ2v) is 6.95. The third kappa shape index (κ3) is 3.01. The first-order valence-corrected chi connectivity index (χ1v) is 8.21. The quantitative estimate of drug-likeness (QED) is 0.788. The molecule has 2 bridgehead atoms. The molecule has 3 rings (SSSR count). The molecule has 0 spiro atoms. The van der Waals surface area contributed by atoms with Gasteiger partial charge in [0.05, 0.1) is 5.69 Å². The molecular formula is C13H19N3O2S. The number of benzene rings is 1. The van der Waals surface area contributed by atoms with Crippen LogP contribution >= 0.6 is 0 Å². The highest BCUT2D eigenvalue weighted by atomic mass is 32.2. The first-order valence-electron chi connectivity index (χ1n) is 6.67. The average molecular weight is 281 g/mol. The Morgan fingerprint density at radius 2 is 1.95 bits per heavy atom. The molecule has 3 atom stereocenters. The lowest BCUT2D eigenvalue weighted by Gasteiger charge is -2.24. The molecule has 3 unspecified atom stereocenters. The minimum absolute atomic E-state index is 0.496. The van der Waals surface area contributed by atoms with E-state index in [4.69, 9.17) is 5.14 Å². The second-order valence-electron chi connectivity index (χ2n) is 5.65. The van der Waals surface area contributed by atoms with Gasteiger partial charge in [-0.15, -0.1) is 0 Å². The molecule has 0 saturated heterocycles. The summed E-state index contributed by atoms with van der Waals surface area (Å²) >= 11 is 0. The van der Waals surface area contributed by atoms with Gasteiger partial charge in [0.2, 0.25) is 0 Å². The highest BCUT2D eigenvalue weighted by molar-refractivity contribution is 7.90. The summed E-state index contributed by atoms with van der Waals surface area (Å²) in [5.74, 6) is 1.66. The van der Waals surface area contributed by atoms with Crippen molar-refractivity contribution in [3.05, 3.63) is 24.3 Å². The zero-order chi connectivity index (χ0) is 13.5. The van der Waals surface area contributed by atoms with Gasteiger partial charge in [-0.1, -0.05) is 12.5 Å². The SMILES string of the molecule is NS(=O)(=O)Nc1cccc(NC2CC3CCC2C3)c1. The van der Waals surface area contributed by atoms with E-state index in [9.17, 15) is 8.42 Å². The summed E-state index contributed by atoms with van der Waals surface area (Å²) < 4.78 is 24.3. The third-order valence-corrected chi connectivity index (χ3v) is 4.73. The lowest BCUT2D eigenvalue weighted by Crippen LogP contribution is -2.26. The molecule has 2 aliphatic rings. The van der Waals surface area contributed by atoms with Gasteiger partial charge < -0.3 is 5.32 Å². The fourth-order valence-corrected chi connectivity index (χ4v) is 3.93. The van der Waals surface area contributed by atoms with Crippen LogP contribution in [0.15, 0.2) is 24.3 Å². The standard InChI is InChI=1S/C13H19N3O2S/c14-19(17,18)16-12-3-1-2-11(8-12)15-13-7-9-4-5-10(13)6-9/h1-3,8-10,13,15-16H,4-7H2,(H2,14,17,18). The number of anilines is 2. The minimum atomic E-state index is -3.71. The smallest absolute Gasteiger partial charge is 0.296 e. The van der Waals surface area contributed by atoms with E-state index in [-0.39, 0.29) is 0 Å². The predicted molar refractivity (Wildman–Crippen MR) is 76.0 cm³/mol. The molecule has 0 aromatic heterocycles. The van der Waals surface area contributed by atoms with Crippen molar-refractivity contribution in [2.24, 2.45) is 17.0 Å². The van der Waals surface area contributed by atoms with Gasteiger partial charge in [-0.25, -0.2) is 5.14 Å². The Balaban J connectivity index is 1.70. The molecule has 2 fully saturated rings. The molecule has 2 aliphatic carbocycles. The van der Waals surface area contributed by atoms with Gasteiger partial charge >= 0.3 is 0 Å². The molecule has 1 aromatic carbocycles. The van der Waals surface area contributed by atoms with Crippen molar-refractivity contribution in [1.29, 1.82) is 0 Å². The summed E-state index contributed by atoms with van der Waals surface area (Å²) in [6.07, 6.45) is 5.26. The zero-order valence-electron chi connectivity index (χ0n) is 10.7. The zero-order valence-corrected chi connectivity index (χ0v) is 11.5. The largest absolute Gasteiger partial charge is 0.382 e. The van der Waals surface area contributed by atoms with Gasteiger partial charge in [-0.05, 0) is 49.3 Å². The average Bonchev–Trinajstić information content (AvgIpc) is 2.88. The lowest BCUT2D eigenvalue weighted by atomic mass is 9.95. The van der Waals surface area contributed by atoms with E-state index in [0.717, 1.165) is 17.5 Å². The molecule has 5 nitrogen and oxygen atoms in total. The number of nitrogens with one attached hydrogen (secondary N) is 2. The molecule has 0 amide bonds. The van der Waals surface area contributed by atoms with E-state index in [0.29, 0.717) is 11.7 Å². The van der Waals surface area contributed by atoms with E-state index in [1.807, 2.05) is 12.1 Å². The van der Waals surface area contributed by atoms with E-state index >= 15 is 0 Å². The van der Waals surface area contributed by atoms with E-state index < -0.39 is 10.2 Å². The lowest BCUT2D eigenvalue weighted by molar-refractivity contribution is 0.440. The van der Waals surface area contributed by atoms with Crippen LogP contribution in [0.4, 0.5) is 11.4 Å². The summed E-state index contributed by atoms with van der Waals surface area (Å²) in [6.45, 7) is 0. The fraction of sp³-hybridized carbons (Fsp3) is 0.538. The first-order chi connectivity index (χ1) is 8.99. The Kier molecular flexibility index (Phi) is 3.14. The highest BCUT2D eigenvalue weighted by Gasteiger charge is 2.39. The summed E-state index contributed by atoms with van der Waals surface area (Å²) in [5, 5.41) is 8.49. The molecule has 1 aromatic rings. The Hall–Kier alpha value is -1.27. The molecule has 0 heterocycles. The van der Waals surface area contributed by atoms with E-state index in [1.54, 1.807) is 12.1 Å². The van der Waals surface area contributed by atoms with Crippen LogP contribution in [0.25, 0.3) is 0 Å². The monoisotopic (exact) mass is 281 g/mol. The van der Waals surface area contributed by atoms with Gasteiger partial charge in [0.25, 0.3) is 10.2 Å².